The van der Waals surface area contributed by atoms with E-state index in [2.05, 4.69) is 54.7 Å². The molecule has 1 N–H and O–H groups in total. The van der Waals surface area contributed by atoms with E-state index in [9.17, 15) is 8.42 Å². The molecule has 0 aliphatic heterocycles. The topological polar surface area (TPSA) is 84.9 Å². The van der Waals surface area contributed by atoms with Crippen molar-refractivity contribution in [2.75, 3.05) is 0 Å². The Morgan fingerprint density at radius 2 is 1.05 bits per heavy atom. The number of nitrogens with zero attached hydrogens (tertiary/aromatic N) is 2. The molecule has 4 aromatic carbocycles. The van der Waals surface area contributed by atoms with Crippen molar-refractivity contribution in [1.29, 1.82) is 0 Å². The Kier molecular flexibility index (Phi) is 15.2. The predicted octanol–water partition coefficient (Wildman–Crippen LogP) is 9.79. The Balaban J connectivity index is 0.000000310. The van der Waals surface area contributed by atoms with Gasteiger partial charge in [0.1, 0.15) is 10.0 Å². The number of aromatic nitrogens is 1. The SMILES string of the molecule is Cc1ccc(C(C)C)cc1.Cc1ccc(S(=O)(=O)[N-][C@H](c2ccccc2)[C@H]([NH-])c2ccccc2)cc1.[Ru+2].c1ccncc1. The van der Waals surface area contributed by atoms with E-state index in [1.807, 2.05) is 85.8 Å². The van der Waals surface area contributed by atoms with Gasteiger partial charge in [-0.15, -0.1) is 12.1 Å². The van der Waals surface area contributed by atoms with Crippen LogP contribution >= 0.6 is 0 Å². The molecule has 0 fully saturated rings. The molecule has 5 rings (SSSR count). The second-order valence-corrected chi connectivity index (χ2v) is 11.9. The molecule has 0 aliphatic rings. The van der Waals surface area contributed by atoms with Gasteiger partial charge < -0.3 is 10.5 Å². The van der Waals surface area contributed by atoms with Gasteiger partial charge in [0.15, 0.2) is 0 Å². The fraction of sp³-hybridized carbons (Fsp3) is 0.194. The molecule has 224 valence electrons. The van der Waals surface area contributed by atoms with Crippen LogP contribution in [0.2, 0.25) is 0 Å². The standard InChI is InChI=1S/C21H20N2O2S.C10H14.C5H5N.Ru/c1-16-12-14-19(15-13-16)26(24,25)23-21(18-10-6-3-7-11-18)20(22)17-8-4-2-5-9-17;1-8(2)10-6-4-9(3)5-7-10;1-2-4-6-5-3-1;/h2-15,20-22H,1H3;4-8H,1-3H3;1-5H;/q-2;;;+2/t20-,21-;;;/m1.../s1. The van der Waals surface area contributed by atoms with Gasteiger partial charge in [0.05, 0.1) is 0 Å². The van der Waals surface area contributed by atoms with Crippen LogP contribution in [0.5, 0.6) is 0 Å². The number of rotatable bonds is 7. The molecule has 0 unspecified atom stereocenters. The van der Waals surface area contributed by atoms with Gasteiger partial charge in [-0.25, -0.2) is 8.42 Å². The van der Waals surface area contributed by atoms with Gasteiger partial charge in [-0.1, -0.05) is 139 Å². The predicted molar refractivity (Wildman–Crippen MR) is 174 cm³/mol. The summed E-state index contributed by atoms with van der Waals surface area (Å²) >= 11 is 0. The van der Waals surface area contributed by atoms with E-state index in [-0.39, 0.29) is 24.4 Å². The average Bonchev–Trinajstić information content (AvgIpc) is 3.02. The molecule has 2 atom stereocenters. The van der Waals surface area contributed by atoms with Crippen molar-refractivity contribution in [3.63, 3.8) is 0 Å². The van der Waals surface area contributed by atoms with Gasteiger partial charge in [-0.05, 0) is 49.6 Å². The monoisotopic (exact) mass is 679 g/mol. The summed E-state index contributed by atoms with van der Waals surface area (Å²) in [5.74, 6) is 0.653. The van der Waals surface area contributed by atoms with Crippen molar-refractivity contribution in [2.45, 2.75) is 50.6 Å². The van der Waals surface area contributed by atoms with Gasteiger partial charge in [-0.2, -0.15) is 0 Å². The molecule has 0 bridgehead atoms. The van der Waals surface area contributed by atoms with Crippen LogP contribution in [0.15, 0.2) is 145 Å². The Labute approximate surface area is 270 Å². The summed E-state index contributed by atoms with van der Waals surface area (Å²) in [6, 6.07) is 37.7. The van der Waals surface area contributed by atoms with Gasteiger partial charge in [-0.3, -0.25) is 4.98 Å². The number of hydrogen-bond donors (Lipinski definition) is 0. The molecule has 0 saturated heterocycles. The van der Waals surface area contributed by atoms with Crippen molar-refractivity contribution >= 4 is 10.0 Å². The Hall–Kier alpha value is -3.48. The zero-order valence-corrected chi connectivity index (χ0v) is 27.5. The number of aryl methyl sites for hydroxylation is 2. The number of benzene rings is 4. The Bertz CT molecular complexity index is 1520. The van der Waals surface area contributed by atoms with Gasteiger partial charge in [0, 0.05) is 17.3 Å². The second-order valence-electron chi connectivity index (χ2n) is 10.2. The molecule has 0 saturated carbocycles. The van der Waals surface area contributed by atoms with E-state index < -0.39 is 22.1 Å². The van der Waals surface area contributed by atoms with Crippen LogP contribution in [0.1, 0.15) is 59.7 Å². The van der Waals surface area contributed by atoms with Gasteiger partial charge in [0.2, 0.25) is 0 Å². The number of pyridine rings is 1. The third-order valence-electron chi connectivity index (χ3n) is 6.50. The fourth-order valence-electron chi connectivity index (χ4n) is 3.99. The summed E-state index contributed by atoms with van der Waals surface area (Å²) in [5.41, 5.74) is 13.8. The molecular weight excluding hydrogens is 640 g/mol. The molecule has 0 aliphatic carbocycles. The first kappa shape index (κ1) is 35.7. The van der Waals surface area contributed by atoms with Crippen molar-refractivity contribution in [3.05, 3.63) is 178 Å². The maximum absolute atomic E-state index is 12.8. The quantitative estimate of drug-likeness (QED) is 0.161. The molecule has 5 aromatic rings. The Morgan fingerprint density at radius 1 is 0.605 bits per heavy atom. The van der Waals surface area contributed by atoms with E-state index in [1.54, 1.807) is 36.7 Å². The molecule has 1 aromatic heterocycles. The second kappa shape index (κ2) is 18.2. The first-order chi connectivity index (χ1) is 20.2. The largest absolute Gasteiger partial charge is 2.00 e. The van der Waals surface area contributed by atoms with Crippen LogP contribution in [0.3, 0.4) is 0 Å². The summed E-state index contributed by atoms with van der Waals surface area (Å²) in [7, 11) is -3.87. The zero-order valence-electron chi connectivity index (χ0n) is 25.0. The summed E-state index contributed by atoms with van der Waals surface area (Å²) in [6.07, 6.45) is 3.50. The third kappa shape index (κ3) is 12.0. The normalized spacial score (nSPS) is 12.0. The van der Waals surface area contributed by atoms with Crippen LogP contribution in [-0.4, -0.2) is 13.4 Å². The maximum atomic E-state index is 12.8. The zero-order chi connectivity index (χ0) is 30.4. The molecular formula is C36H39N3O2RuS. The number of sulfonamides is 1. The first-order valence-electron chi connectivity index (χ1n) is 13.9. The summed E-state index contributed by atoms with van der Waals surface area (Å²) in [6.45, 7) is 8.44. The molecule has 7 heteroatoms. The van der Waals surface area contributed by atoms with E-state index in [4.69, 9.17) is 5.73 Å². The minimum absolute atomic E-state index is 0. The summed E-state index contributed by atoms with van der Waals surface area (Å²) in [4.78, 5) is 3.93. The molecule has 5 nitrogen and oxygen atoms in total. The average molecular weight is 679 g/mol. The van der Waals surface area contributed by atoms with Crippen LogP contribution < -0.4 is 0 Å². The van der Waals surface area contributed by atoms with Crippen molar-refractivity contribution < 1.29 is 27.9 Å². The van der Waals surface area contributed by atoms with E-state index >= 15 is 0 Å². The summed E-state index contributed by atoms with van der Waals surface area (Å²) < 4.78 is 29.8. The number of nitrogens with one attached hydrogen (secondary N) is 1. The van der Waals surface area contributed by atoms with Crippen LogP contribution in [0, 0.1) is 13.8 Å². The van der Waals surface area contributed by atoms with Crippen molar-refractivity contribution in [3.8, 4) is 0 Å². The maximum Gasteiger partial charge on any atom is 2.00 e. The van der Waals surface area contributed by atoms with E-state index in [0.29, 0.717) is 11.5 Å². The van der Waals surface area contributed by atoms with E-state index in [0.717, 1.165) is 11.1 Å². The minimum atomic E-state index is -3.87. The molecule has 1 heterocycles. The Morgan fingerprint density at radius 3 is 1.47 bits per heavy atom. The van der Waals surface area contributed by atoms with Crippen LogP contribution in [-0.2, 0) is 29.5 Å². The van der Waals surface area contributed by atoms with Gasteiger partial charge in [0.25, 0.3) is 0 Å². The van der Waals surface area contributed by atoms with Gasteiger partial charge >= 0.3 is 19.5 Å². The van der Waals surface area contributed by atoms with Crippen LogP contribution in [0.4, 0.5) is 0 Å². The molecule has 43 heavy (non-hydrogen) atoms. The molecule has 0 amide bonds. The fourth-order valence-corrected chi connectivity index (χ4v) is 5.14. The smallest absolute Gasteiger partial charge is 0.672 e. The van der Waals surface area contributed by atoms with Crippen molar-refractivity contribution in [2.24, 2.45) is 0 Å². The van der Waals surface area contributed by atoms with Crippen molar-refractivity contribution in [1.82, 2.24) is 4.98 Å². The van der Waals surface area contributed by atoms with Crippen LogP contribution in [0.25, 0.3) is 10.5 Å². The first-order valence-corrected chi connectivity index (χ1v) is 15.4. The molecule has 0 radical (unpaired) electrons. The summed E-state index contributed by atoms with van der Waals surface area (Å²) in [5, 5.41) is 0. The third-order valence-corrected chi connectivity index (χ3v) is 7.87. The minimum Gasteiger partial charge on any atom is -0.672 e. The molecule has 0 spiro atoms. The van der Waals surface area contributed by atoms with E-state index in [1.165, 1.54) is 11.1 Å². The number of hydrogen-bond acceptors (Lipinski definition) is 3.